The van der Waals surface area contributed by atoms with Crippen molar-refractivity contribution in [3.8, 4) is 0 Å². The molecule has 3 aromatic rings. The van der Waals surface area contributed by atoms with Gasteiger partial charge in [0.2, 0.25) is 5.91 Å². The summed E-state index contributed by atoms with van der Waals surface area (Å²) in [6.07, 6.45) is 0. The van der Waals surface area contributed by atoms with Crippen LogP contribution in [0.25, 0.3) is 11.0 Å². The normalized spacial score (nSPS) is 14.8. The Hall–Kier alpha value is -2.73. The first-order chi connectivity index (χ1) is 12.6. The summed E-state index contributed by atoms with van der Waals surface area (Å²) in [5.74, 6) is -0.0393. The van der Waals surface area contributed by atoms with Gasteiger partial charge < -0.3 is 14.8 Å². The van der Waals surface area contributed by atoms with Crippen LogP contribution in [0.3, 0.4) is 0 Å². The number of halogens is 1. The molecule has 0 unspecified atom stereocenters. The van der Waals surface area contributed by atoms with E-state index >= 15 is 0 Å². The number of amides is 1. The fourth-order valence-corrected chi connectivity index (χ4v) is 3.57. The van der Waals surface area contributed by atoms with Crippen molar-refractivity contribution in [3.05, 3.63) is 64.0 Å². The summed E-state index contributed by atoms with van der Waals surface area (Å²) in [7, 11) is 0. The lowest BCUT2D eigenvalue weighted by Gasteiger charge is -2.36. The Morgan fingerprint density at radius 3 is 2.58 bits per heavy atom. The van der Waals surface area contributed by atoms with Gasteiger partial charge in [0.15, 0.2) is 0 Å². The van der Waals surface area contributed by atoms with Crippen LogP contribution in [0.4, 0.5) is 5.69 Å². The number of nitrogens with one attached hydrogen (secondary N) is 1. The zero-order chi connectivity index (χ0) is 18.1. The zero-order valence-corrected chi connectivity index (χ0v) is 14.9. The van der Waals surface area contributed by atoms with Gasteiger partial charge in [0, 0.05) is 36.9 Å². The summed E-state index contributed by atoms with van der Waals surface area (Å²) < 4.78 is 1.50. The molecule has 7 heteroatoms. The minimum atomic E-state index is -0.253. The van der Waals surface area contributed by atoms with Crippen molar-refractivity contribution < 1.29 is 4.79 Å². The molecule has 0 spiro atoms. The number of carbonyl (C=O) groups excluding carboxylic acids is 1. The number of benzene rings is 2. The molecule has 2 heterocycles. The van der Waals surface area contributed by atoms with Crippen LogP contribution in [0, 0.1) is 0 Å². The second-order valence-electron chi connectivity index (χ2n) is 6.38. The van der Waals surface area contributed by atoms with E-state index < -0.39 is 0 Å². The summed E-state index contributed by atoms with van der Waals surface area (Å²) >= 11 is 6.06. The Morgan fingerprint density at radius 2 is 1.81 bits per heavy atom. The molecule has 0 aliphatic carbocycles. The molecule has 6 nitrogen and oxygen atoms in total. The first kappa shape index (κ1) is 16.7. The van der Waals surface area contributed by atoms with Gasteiger partial charge in [0.05, 0.1) is 11.0 Å². The molecule has 0 radical (unpaired) electrons. The van der Waals surface area contributed by atoms with E-state index in [2.05, 4.69) is 9.88 Å². The number of carbonyl (C=O) groups is 1. The molecule has 134 valence electrons. The Balaban J connectivity index is 1.44. The molecule has 1 amide bonds. The Labute approximate surface area is 155 Å². The highest BCUT2D eigenvalue weighted by Crippen LogP contribution is 2.21. The highest BCUT2D eigenvalue weighted by molar-refractivity contribution is 6.30. The van der Waals surface area contributed by atoms with Crippen LogP contribution < -0.4 is 10.6 Å². The lowest BCUT2D eigenvalue weighted by molar-refractivity contribution is -0.132. The Morgan fingerprint density at radius 1 is 1.04 bits per heavy atom. The third kappa shape index (κ3) is 3.20. The molecule has 1 aromatic heterocycles. The van der Waals surface area contributed by atoms with Crippen molar-refractivity contribution in [2.45, 2.75) is 6.54 Å². The number of fused-ring (bicyclic) bond motifs is 1. The summed E-state index contributed by atoms with van der Waals surface area (Å²) in [6, 6.07) is 15.1. The van der Waals surface area contributed by atoms with Crippen LogP contribution in [0.15, 0.2) is 53.3 Å². The van der Waals surface area contributed by atoms with E-state index in [0.29, 0.717) is 18.1 Å². The van der Waals surface area contributed by atoms with Gasteiger partial charge in [-0.2, -0.15) is 0 Å². The monoisotopic (exact) mass is 370 g/mol. The number of nitrogens with zero attached hydrogens (tertiary/aromatic N) is 3. The van der Waals surface area contributed by atoms with Gasteiger partial charge in [-0.05, 0) is 30.3 Å². The van der Waals surface area contributed by atoms with E-state index in [1.54, 1.807) is 0 Å². The average Bonchev–Trinajstić information content (AvgIpc) is 2.97. The van der Waals surface area contributed by atoms with E-state index in [1.165, 1.54) is 4.57 Å². The summed E-state index contributed by atoms with van der Waals surface area (Å²) in [5, 5.41) is 0.708. The van der Waals surface area contributed by atoms with Gasteiger partial charge in [-0.1, -0.05) is 29.8 Å². The number of anilines is 1. The number of aromatic amines is 1. The standard InChI is InChI=1S/C19H19ClN4O2/c20-14-4-3-5-15(12-14)22-8-10-23(11-9-22)18(25)13-24-17-7-2-1-6-16(17)21-19(24)26/h1-7,12H,8-11,13H2,(H,21,26). The summed E-state index contributed by atoms with van der Waals surface area (Å²) in [4.78, 5) is 31.6. The van der Waals surface area contributed by atoms with Crippen molar-refractivity contribution in [2.24, 2.45) is 0 Å². The van der Waals surface area contributed by atoms with Crippen LogP contribution >= 0.6 is 11.6 Å². The quantitative estimate of drug-likeness (QED) is 0.769. The molecule has 1 fully saturated rings. The van der Waals surface area contributed by atoms with Gasteiger partial charge in [-0.25, -0.2) is 4.79 Å². The topological polar surface area (TPSA) is 61.3 Å². The fourth-order valence-electron chi connectivity index (χ4n) is 3.39. The molecule has 0 saturated carbocycles. The first-order valence-corrected chi connectivity index (χ1v) is 8.95. The average molecular weight is 371 g/mol. The van der Waals surface area contributed by atoms with Crippen molar-refractivity contribution in [1.82, 2.24) is 14.5 Å². The van der Waals surface area contributed by atoms with Gasteiger partial charge in [-0.15, -0.1) is 0 Å². The second-order valence-corrected chi connectivity index (χ2v) is 6.82. The van der Waals surface area contributed by atoms with Crippen LogP contribution in [0.2, 0.25) is 5.02 Å². The van der Waals surface area contributed by atoms with E-state index in [4.69, 9.17) is 11.6 Å². The van der Waals surface area contributed by atoms with E-state index in [1.807, 2.05) is 53.4 Å². The predicted molar refractivity (Wildman–Crippen MR) is 103 cm³/mol. The number of aromatic nitrogens is 2. The number of hydrogen-bond acceptors (Lipinski definition) is 3. The molecule has 1 aliphatic heterocycles. The number of imidazole rings is 1. The lowest BCUT2D eigenvalue weighted by atomic mass is 10.2. The molecule has 1 saturated heterocycles. The van der Waals surface area contributed by atoms with Gasteiger partial charge in [-0.3, -0.25) is 9.36 Å². The molecule has 0 bridgehead atoms. The van der Waals surface area contributed by atoms with Crippen molar-refractivity contribution in [2.75, 3.05) is 31.1 Å². The second kappa shape index (κ2) is 6.88. The number of para-hydroxylation sites is 2. The lowest BCUT2D eigenvalue weighted by Crippen LogP contribution is -2.50. The molecule has 1 N–H and O–H groups in total. The predicted octanol–water partition coefficient (Wildman–Crippen LogP) is 2.33. The Kier molecular flexibility index (Phi) is 4.42. The maximum atomic E-state index is 12.7. The number of H-pyrrole nitrogens is 1. The third-order valence-electron chi connectivity index (χ3n) is 4.78. The largest absolute Gasteiger partial charge is 0.368 e. The first-order valence-electron chi connectivity index (χ1n) is 8.58. The Bertz CT molecular complexity index is 1000. The maximum Gasteiger partial charge on any atom is 0.326 e. The molecule has 0 atom stereocenters. The molecular weight excluding hydrogens is 352 g/mol. The maximum absolute atomic E-state index is 12.7. The van der Waals surface area contributed by atoms with E-state index in [0.717, 1.165) is 29.8 Å². The number of rotatable bonds is 3. The zero-order valence-electron chi connectivity index (χ0n) is 14.2. The molecule has 26 heavy (non-hydrogen) atoms. The van der Waals surface area contributed by atoms with Crippen LogP contribution in [-0.2, 0) is 11.3 Å². The van der Waals surface area contributed by atoms with Crippen LogP contribution in [-0.4, -0.2) is 46.5 Å². The minimum Gasteiger partial charge on any atom is -0.368 e. The summed E-state index contributed by atoms with van der Waals surface area (Å²) in [5.41, 5.74) is 2.31. The number of piperazine rings is 1. The van der Waals surface area contributed by atoms with Crippen molar-refractivity contribution in [3.63, 3.8) is 0 Å². The highest BCUT2D eigenvalue weighted by Gasteiger charge is 2.22. The van der Waals surface area contributed by atoms with Gasteiger partial charge >= 0.3 is 5.69 Å². The highest BCUT2D eigenvalue weighted by atomic mass is 35.5. The third-order valence-corrected chi connectivity index (χ3v) is 5.02. The molecule has 2 aromatic carbocycles. The van der Waals surface area contributed by atoms with Crippen LogP contribution in [0.1, 0.15) is 0 Å². The molecule has 4 rings (SSSR count). The van der Waals surface area contributed by atoms with Crippen molar-refractivity contribution >= 4 is 34.2 Å². The van der Waals surface area contributed by atoms with Gasteiger partial charge in [0.1, 0.15) is 6.54 Å². The fraction of sp³-hybridized carbons (Fsp3) is 0.263. The molecule has 1 aliphatic rings. The van der Waals surface area contributed by atoms with E-state index in [9.17, 15) is 9.59 Å². The van der Waals surface area contributed by atoms with Gasteiger partial charge in [0.25, 0.3) is 0 Å². The molecular formula is C19H19ClN4O2. The summed E-state index contributed by atoms with van der Waals surface area (Å²) in [6.45, 7) is 2.80. The minimum absolute atomic E-state index is 0.0393. The number of hydrogen-bond donors (Lipinski definition) is 1. The smallest absolute Gasteiger partial charge is 0.326 e. The van der Waals surface area contributed by atoms with Crippen LogP contribution in [0.5, 0.6) is 0 Å². The van der Waals surface area contributed by atoms with E-state index in [-0.39, 0.29) is 18.1 Å². The SMILES string of the molecule is O=C(Cn1c(=O)[nH]c2ccccc21)N1CCN(c2cccc(Cl)c2)CC1. The van der Waals surface area contributed by atoms with Crippen molar-refractivity contribution in [1.29, 1.82) is 0 Å².